The third-order valence-electron chi connectivity index (χ3n) is 2.10. The van der Waals surface area contributed by atoms with Crippen molar-refractivity contribution in [1.82, 2.24) is 0 Å². The van der Waals surface area contributed by atoms with Crippen molar-refractivity contribution in [1.29, 1.82) is 0 Å². The van der Waals surface area contributed by atoms with Gasteiger partial charge in [0.1, 0.15) is 0 Å². The maximum Gasteiger partial charge on any atom is 0.306 e. The van der Waals surface area contributed by atoms with Crippen LogP contribution in [0, 0.1) is 5.89 Å². The molecule has 0 amide bonds. The van der Waals surface area contributed by atoms with Crippen LogP contribution in [0.25, 0.3) is 0 Å². The fraction of sp³-hybridized carbons (Fsp3) is 0.909. The highest BCUT2D eigenvalue weighted by molar-refractivity contribution is 5.69. The maximum absolute atomic E-state index is 10.7. The van der Waals surface area contributed by atoms with E-state index in [0.717, 1.165) is 19.3 Å². The summed E-state index contributed by atoms with van der Waals surface area (Å²) in [6.45, 7) is 3.44. The van der Waals surface area contributed by atoms with E-state index in [0.29, 0.717) is 6.42 Å². The zero-order valence-electron chi connectivity index (χ0n) is 10.7. The number of carboxylic acids is 1. The van der Waals surface area contributed by atoms with E-state index in [1.807, 2.05) is 0 Å². The van der Waals surface area contributed by atoms with Gasteiger partial charge in [-0.25, -0.2) is 0 Å². The van der Waals surface area contributed by atoms with Gasteiger partial charge in [0, 0.05) is 2.74 Å². The molecule has 0 saturated heterocycles. The Hall–Kier alpha value is -0.530. The number of rotatable bonds is 8. The highest BCUT2D eigenvalue weighted by Crippen LogP contribution is 2.11. The second-order valence-corrected chi connectivity index (χ2v) is 3.40. The molecule has 0 fully saturated rings. The summed E-state index contributed by atoms with van der Waals surface area (Å²) in [6, 6.07) is 0. The minimum atomic E-state index is -1.66. The molecular formula is C11H22O2. The number of hydrogen-bond donors (Lipinski definition) is 1. The molecule has 0 bridgehead atoms. The molecule has 2 heteroatoms. The van der Waals surface area contributed by atoms with Crippen LogP contribution < -0.4 is 0 Å². The quantitative estimate of drug-likeness (QED) is 0.592. The van der Waals surface area contributed by atoms with Crippen molar-refractivity contribution in [2.45, 2.75) is 58.8 Å². The Morgan fingerprint density at radius 3 is 2.46 bits per heavy atom. The van der Waals surface area contributed by atoms with Crippen LogP contribution in [0.5, 0.6) is 0 Å². The number of carboxylic acid groups (broad SMARTS) is 1. The van der Waals surface area contributed by atoms with E-state index in [2.05, 4.69) is 6.92 Å². The summed E-state index contributed by atoms with van der Waals surface area (Å²) in [5.74, 6) is -2.86. The summed E-state index contributed by atoms with van der Waals surface area (Å²) in [5.41, 5.74) is 0. The van der Waals surface area contributed by atoms with Crippen LogP contribution >= 0.6 is 0 Å². The summed E-state index contributed by atoms with van der Waals surface area (Å²) in [5, 5.41) is 8.74. The van der Waals surface area contributed by atoms with Gasteiger partial charge in [-0.15, -0.1) is 0 Å². The Balaban J connectivity index is 3.73. The Bertz CT molecular complexity index is 193. The van der Waals surface area contributed by atoms with Gasteiger partial charge in [0.05, 0.1) is 5.89 Å². The summed E-state index contributed by atoms with van der Waals surface area (Å²) < 4.78 is 15.1. The average Bonchev–Trinajstić information content (AvgIpc) is 2.16. The van der Waals surface area contributed by atoms with Crippen LogP contribution in [0.1, 0.15) is 61.5 Å². The normalized spacial score (nSPS) is 19.8. The van der Waals surface area contributed by atoms with Gasteiger partial charge in [0.15, 0.2) is 0 Å². The van der Waals surface area contributed by atoms with Gasteiger partial charge < -0.3 is 5.11 Å². The first-order valence-electron chi connectivity index (χ1n) is 6.16. The molecule has 0 spiro atoms. The molecule has 0 aliphatic heterocycles. The molecule has 0 aliphatic rings. The molecular weight excluding hydrogens is 164 g/mol. The second-order valence-electron chi connectivity index (χ2n) is 3.40. The molecule has 0 radical (unpaired) electrons. The predicted octanol–water partition coefficient (Wildman–Crippen LogP) is 3.46. The van der Waals surface area contributed by atoms with Crippen molar-refractivity contribution in [3.05, 3.63) is 0 Å². The Kier molecular flexibility index (Phi) is 5.62. The first kappa shape index (κ1) is 9.04. The fourth-order valence-corrected chi connectivity index (χ4v) is 1.15. The maximum atomic E-state index is 10.7. The average molecular weight is 188 g/mol. The van der Waals surface area contributed by atoms with Crippen LogP contribution in [0.4, 0.5) is 0 Å². The molecule has 0 saturated carbocycles. The number of hydrogen-bond acceptors (Lipinski definition) is 1. The van der Waals surface area contributed by atoms with Crippen molar-refractivity contribution in [2.75, 3.05) is 0 Å². The van der Waals surface area contributed by atoms with Crippen molar-refractivity contribution in [3.8, 4) is 0 Å². The van der Waals surface area contributed by atoms with Gasteiger partial charge in [-0.2, -0.15) is 0 Å². The zero-order chi connectivity index (χ0) is 11.9. The Labute approximate surface area is 84.2 Å². The first-order valence-corrected chi connectivity index (χ1v) is 5.08. The summed E-state index contributed by atoms with van der Waals surface area (Å²) in [6.07, 6.45) is 5.10. The largest absolute Gasteiger partial charge is 0.481 e. The van der Waals surface area contributed by atoms with Crippen LogP contribution in [0.2, 0.25) is 0 Å². The molecule has 0 aromatic heterocycles. The molecule has 13 heavy (non-hydrogen) atoms. The highest BCUT2D eigenvalue weighted by Gasteiger charge is 2.08. The van der Waals surface area contributed by atoms with E-state index in [1.165, 1.54) is 19.8 Å². The Morgan fingerprint density at radius 1 is 1.38 bits per heavy atom. The molecule has 0 aliphatic carbocycles. The van der Waals surface area contributed by atoms with Gasteiger partial charge in [0.25, 0.3) is 0 Å². The van der Waals surface area contributed by atoms with E-state index in [-0.39, 0.29) is 0 Å². The van der Waals surface area contributed by atoms with Crippen LogP contribution in [0.15, 0.2) is 0 Å². The topological polar surface area (TPSA) is 37.3 Å². The van der Waals surface area contributed by atoms with E-state index in [4.69, 9.17) is 7.85 Å². The van der Waals surface area contributed by atoms with Crippen LogP contribution in [0.3, 0.4) is 0 Å². The molecule has 0 aromatic carbocycles. The number of carbonyl (C=O) groups is 1. The zero-order valence-corrected chi connectivity index (χ0v) is 8.68. The molecule has 1 N–H and O–H groups in total. The van der Waals surface area contributed by atoms with Crippen molar-refractivity contribution in [2.24, 2.45) is 5.89 Å². The first-order chi connectivity index (χ1) is 6.92. The molecule has 0 heterocycles. The standard InChI is InChI=1S/C11H22O2/c1-3-4-5-6-7-8-9-10(2)11(12)13/h10H,3-9H2,1-2H3,(H,12,13)/i9D,10D. The molecule has 0 aromatic rings. The minimum Gasteiger partial charge on any atom is -0.481 e. The number of aliphatic carboxylic acids is 1. The number of unbranched alkanes of at least 4 members (excludes halogenated alkanes) is 4. The lowest BCUT2D eigenvalue weighted by Crippen LogP contribution is -2.08. The van der Waals surface area contributed by atoms with Gasteiger partial charge >= 0.3 is 5.97 Å². The fourth-order valence-electron chi connectivity index (χ4n) is 1.15. The van der Waals surface area contributed by atoms with Crippen LogP contribution in [-0.4, -0.2) is 11.1 Å². The van der Waals surface area contributed by atoms with E-state index >= 15 is 0 Å². The third kappa shape index (κ3) is 7.82. The van der Waals surface area contributed by atoms with Gasteiger partial charge in [-0.1, -0.05) is 52.4 Å². The lowest BCUT2D eigenvalue weighted by molar-refractivity contribution is -0.141. The summed E-state index contributed by atoms with van der Waals surface area (Å²) >= 11 is 0. The summed E-state index contributed by atoms with van der Waals surface area (Å²) in [7, 11) is 0. The third-order valence-corrected chi connectivity index (χ3v) is 2.10. The molecule has 2 atom stereocenters. The van der Waals surface area contributed by atoms with Gasteiger partial charge in [-0.05, 0) is 6.40 Å². The highest BCUT2D eigenvalue weighted by atomic mass is 16.4. The van der Waals surface area contributed by atoms with Gasteiger partial charge in [0.2, 0.25) is 0 Å². The molecule has 2 nitrogen and oxygen atoms in total. The second kappa shape index (κ2) is 8.09. The monoisotopic (exact) mass is 188 g/mol. The lowest BCUT2D eigenvalue weighted by atomic mass is 10.0. The molecule has 0 rings (SSSR count). The molecule has 78 valence electrons. The van der Waals surface area contributed by atoms with E-state index in [1.54, 1.807) is 0 Å². The molecule has 2 unspecified atom stereocenters. The van der Waals surface area contributed by atoms with Crippen molar-refractivity contribution < 1.29 is 12.6 Å². The van der Waals surface area contributed by atoms with Crippen molar-refractivity contribution in [3.63, 3.8) is 0 Å². The lowest BCUT2D eigenvalue weighted by Gasteiger charge is -2.04. The smallest absolute Gasteiger partial charge is 0.306 e. The van der Waals surface area contributed by atoms with Crippen LogP contribution in [-0.2, 0) is 4.79 Å². The van der Waals surface area contributed by atoms with E-state index in [9.17, 15) is 4.79 Å². The van der Waals surface area contributed by atoms with Crippen molar-refractivity contribution >= 4 is 5.97 Å². The minimum absolute atomic E-state index is 0.510. The SMILES string of the molecule is [2H]C(CCCCCCC)C([2H])(C)C(=O)O. The predicted molar refractivity (Wildman–Crippen MR) is 54.8 cm³/mol. The Morgan fingerprint density at radius 2 is 1.92 bits per heavy atom. The van der Waals surface area contributed by atoms with Gasteiger partial charge in [-0.3, -0.25) is 4.79 Å². The summed E-state index contributed by atoms with van der Waals surface area (Å²) in [4.78, 5) is 10.7. The van der Waals surface area contributed by atoms with E-state index < -0.39 is 18.3 Å².